The van der Waals surface area contributed by atoms with Gasteiger partial charge < -0.3 is 15.0 Å². The fourth-order valence-electron chi connectivity index (χ4n) is 3.06. The van der Waals surface area contributed by atoms with Crippen molar-refractivity contribution >= 4 is 5.95 Å². The van der Waals surface area contributed by atoms with E-state index in [-0.39, 0.29) is 0 Å². The van der Waals surface area contributed by atoms with Crippen molar-refractivity contribution in [1.29, 1.82) is 0 Å². The highest BCUT2D eigenvalue weighted by atomic mass is 16.5. The Bertz CT molecular complexity index is 416. The van der Waals surface area contributed by atoms with Crippen LogP contribution in [0.2, 0.25) is 0 Å². The second kappa shape index (κ2) is 6.50. The molecule has 5 heteroatoms. The van der Waals surface area contributed by atoms with Crippen molar-refractivity contribution in [1.82, 2.24) is 15.3 Å². The molecule has 0 spiro atoms. The Hall–Kier alpha value is -1.20. The normalized spacial score (nSPS) is 26.9. The highest BCUT2D eigenvalue weighted by Crippen LogP contribution is 2.25. The van der Waals surface area contributed by atoms with Crippen LogP contribution in [-0.4, -0.2) is 42.3 Å². The average Bonchev–Trinajstić information content (AvgIpc) is 2.92. The maximum atomic E-state index is 5.34. The summed E-state index contributed by atoms with van der Waals surface area (Å²) >= 11 is 0. The zero-order valence-corrected chi connectivity index (χ0v) is 12.2. The molecule has 0 radical (unpaired) electrons. The first kappa shape index (κ1) is 13.8. The second-order valence-electron chi connectivity index (χ2n) is 5.89. The third kappa shape index (κ3) is 3.27. The van der Waals surface area contributed by atoms with E-state index in [9.17, 15) is 0 Å². The van der Waals surface area contributed by atoms with Gasteiger partial charge in [0.25, 0.3) is 0 Å². The predicted molar refractivity (Wildman–Crippen MR) is 78.7 cm³/mol. The predicted octanol–water partition coefficient (Wildman–Crippen LogP) is 1.59. The molecule has 0 unspecified atom stereocenters. The molecule has 1 aromatic heterocycles. The van der Waals surface area contributed by atoms with Crippen molar-refractivity contribution in [3.8, 4) is 0 Å². The summed E-state index contributed by atoms with van der Waals surface area (Å²) in [6.07, 6.45) is 7.90. The van der Waals surface area contributed by atoms with E-state index in [1.165, 1.54) is 24.8 Å². The maximum Gasteiger partial charge on any atom is 0.225 e. The Morgan fingerprint density at radius 3 is 2.65 bits per heavy atom. The first-order valence-electron chi connectivity index (χ1n) is 7.70. The van der Waals surface area contributed by atoms with Crippen LogP contribution >= 0.6 is 0 Å². The van der Waals surface area contributed by atoms with Crippen molar-refractivity contribution in [2.45, 2.75) is 38.8 Å². The summed E-state index contributed by atoms with van der Waals surface area (Å²) in [7, 11) is 0. The first-order chi connectivity index (χ1) is 9.83. The number of morpholine rings is 1. The van der Waals surface area contributed by atoms with Gasteiger partial charge in [0.05, 0.1) is 13.2 Å². The van der Waals surface area contributed by atoms with Crippen molar-refractivity contribution in [2.24, 2.45) is 5.92 Å². The minimum absolute atomic E-state index is 0.661. The van der Waals surface area contributed by atoms with Gasteiger partial charge in [0, 0.05) is 43.6 Å². The summed E-state index contributed by atoms with van der Waals surface area (Å²) in [5.74, 6) is 1.62. The number of nitrogens with zero attached hydrogens (tertiary/aromatic N) is 3. The van der Waals surface area contributed by atoms with Gasteiger partial charge in [0.15, 0.2) is 0 Å². The summed E-state index contributed by atoms with van der Waals surface area (Å²) in [6.45, 7) is 6.52. The van der Waals surface area contributed by atoms with Crippen LogP contribution in [0.3, 0.4) is 0 Å². The molecule has 2 fully saturated rings. The van der Waals surface area contributed by atoms with Crippen LogP contribution in [0, 0.1) is 5.92 Å². The maximum absolute atomic E-state index is 5.34. The summed E-state index contributed by atoms with van der Waals surface area (Å²) < 4.78 is 5.34. The van der Waals surface area contributed by atoms with Crippen molar-refractivity contribution in [2.75, 3.05) is 31.2 Å². The van der Waals surface area contributed by atoms with Crippen molar-refractivity contribution in [3.63, 3.8) is 0 Å². The molecule has 3 rings (SSSR count). The van der Waals surface area contributed by atoms with E-state index in [0.717, 1.165) is 44.7 Å². The number of hydrogen-bond donors (Lipinski definition) is 1. The average molecular weight is 276 g/mol. The lowest BCUT2D eigenvalue weighted by molar-refractivity contribution is 0.122. The number of anilines is 1. The van der Waals surface area contributed by atoms with Crippen LogP contribution in [0.4, 0.5) is 5.95 Å². The van der Waals surface area contributed by atoms with E-state index in [2.05, 4.69) is 27.1 Å². The molecular weight excluding hydrogens is 252 g/mol. The van der Waals surface area contributed by atoms with Crippen LogP contribution < -0.4 is 10.2 Å². The van der Waals surface area contributed by atoms with E-state index in [4.69, 9.17) is 4.74 Å². The fraction of sp³-hybridized carbons (Fsp3) is 0.733. The third-order valence-electron chi connectivity index (χ3n) is 4.42. The summed E-state index contributed by atoms with van der Waals surface area (Å²) in [6, 6.07) is 0.661. The third-order valence-corrected chi connectivity index (χ3v) is 4.42. The standard InChI is InChI=1S/C15H24N4O/c1-12-3-2-4-14(12)16-9-13-10-17-15(18-11-13)19-5-7-20-8-6-19/h10-12,14,16H,2-9H2,1H3/t12-,14-/m0/s1. The van der Waals surface area contributed by atoms with Gasteiger partial charge >= 0.3 is 0 Å². The quantitative estimate of drug-likeness (QED) is 0.905. The van der Waals surface area contributed by atoms with E-state index in [1.54, 1.807) is 0 Å². The number of nitrogens with one attached hydrogen (secondary N) is 1. The molecule has 1 N–H and O–H groups in total. The van der Waals surface area contributed by atoms with Crippen LogP contribution in [0.1, 0.15) is 31.7 Å². The van der Waals surface area contributed by atoms with E-state index in [0.29, 0.717) is 6.04 Å². The zero-order chi connectivity index (χ0) is 13.8. The molecule has 2 atom stereocenters. The van der Waals surface area contributed by atoms with Gasteiger partial charge in [-0.1, -0.05) is 13.3 Å². The monoisotopic (exact) mass is 276 g/mol. The minimum Gasteiger partial charge on any atom is -0.378 e. The number of hydrogen-bond acceptors (Lipinski definition) is 5. The van der Waals surface area contributed by atoms with E-state index >= 15 is 0 Å². The Kier molecular flexibility index (Phi) is 4.47. The summed E-state index contributed by atoms with van der Waals surface area (Å²) in [5.41, 5.74) is 1.17. The highest BCUT2D eigenvalue weighted by molar-refractivity contribution is 5.30. The number of ether oxygens (including phenoxy) is 1. The summed E-state index contributed by atoms with van der Waals surface area (Å²) in [5, 5.41) is 3.63. The Balaban J connectivity index is 1.53. The van der Waals surface area contributed by atoms with Crippen LogP contribution in [-0.2, 0) is 11.3 Å². The number of aromatic nitrogens is 2. The van der Waals surface area contributed by atoms with Gasteiger partial charge in [-0.15, -0.1) is 0 Å². The Morgan fingerprint density at radius 1 is 1.25 bits per heavy atom. The zero-order valence-electron chi connectivity index (χ0n) is 12.2. The SMILES string of the molecule is C[C@H]1CCC[C@@H]1NCc1cnc(N2CCOCC2)nc1. The lowest BCUT2D eigenvalue weighted by Gasteiger charge is -2.26. The second-order valence-corrected chi connectivity index (χ2v) is 5.89. The lowest BCUT2D eigenvalue weighted by atomic mass is 10.1. The van der Waals surface area contributed by atoms with Gasteiger partial charge in [-0.05, 0) is 18.8 Å². The molecule has 110 valence electrons. The van der Waals surface area contributed by atoms with Gasteiger partial charge in [0.1, 0.15) is 0 Å². The Morgan fingerprint density at radius 2 is 2.00 bits per heavy atom. The largest absolute Gasteiger partial charge is 0.378 e. The fourth-order valence-corrected chi connectivity index (χ4v) is 3.06. The molecule has 1 saturated carbocycles. The molecule has 1 saturated heterocycles. The molecule has 20 heavy (non-hydrogen) atoms. The lowest BCUT2D eigenvalue weighted by Crippen LogP contribution is -2.37. The molecule has 2 aliphatic rings. The van der Waals surface area contributed by atoms with Gasteiger partial charge in [-0.25, -0.2) is 9.97 Å². The molecule has 0 amide bonds. The first-order valence-corrected chi connectivity index (χ1v) is 7.70. The van der Waals surface area contributed by atoms with Crippen LogP contribution in [0.5, 0.6) is 0 Å². The van der Waals surface area contributed by atoms with Crippen LogP contribution in [0.15, 0.2) is 12.4 Å². The van der Waals surface area contributed by atoms with Gasteiger partial charge in [-0.3, -0.25) is 0 Å². The molecule has 1 aromatic rings. The molecule has 1 aliphatic heterocycles. The Labute approximate surface area is 120 Å². The molecule has 5 nitrogen and oxygen atoms in total. The molecule has 2 heterocycles. The topological polar surface area (TPSA) is 50.3 Å². The van der Waals surface area contributed by atoms with Crippen molar-refractivity contribution in [3.05, 3.63) is 18.0 Å². The minimum atomic E-state index is 0.661. The molecule has 0 aromatic carbocycles. The van der Waals surface area contributed by atoms with Crippen molar-refractivity contribution < 1.29 is 4.74 Å². The van der Waals surface area contributed by atoms with E-state index in [1.807, 2.05) is 12.4 Å². The summed E-state index contributed by atoms with van der Waals surface area (Å²) in [4.78, 5) is 11.2. The molecular formula is C15H24N4O. The molecule has 0 bridgehead atoms. The van der Waals surface area contributed by atoms with Gasteiger partial charge in [0.2, 0.25) is 5.95 Å². The van der Waals surface area contributed by atoms with Gasteiger partial charge in [-0.2, -0.15) is 0 Å². The van der Waals surface area contributed by atoms with Crippen LogP contribution in [0.25, 0.3) is 0 Å². The molecule has 1 aliphatic carbocycles. The number of rotatable bonds is 4. The smallest absolute Gasteiger partial charge is 0.225 e. The highest BCUT2D eigenvalue weighted by Gasteiger charge is 2.22. The van der Waals surface area contributed by atoms with E-state index < -0.39 is 0 Å².